The molecule has 3 amide bonds. The van der Waals surface area contributed by atoms with Gasteiger partial charge in [0.15, 0.2) is 0 Å². The van der Waals surface area contributed by atoms with Crippen LogP contribution in [0.1, 0.15) is 10.4 Å². The van der Waals surface area contributed by atoms with Gasteiger partial charge in [-0.3, -0.25) is 10.6 Å². The molecule has 3 N–H and O–H groups in total. The number of carbonyl (C=O) groups excluding carboxylic acids is 2. The van der Waals surface area contributed by atoms with E-state index in [1.165, 1.54) is 12.1 Å². The highest BCUT2D eigenvalue weighted by molar-refractivity contribution is 6.07. The number of hydrogen-bond donors (Lipinski definition) is 2. The lowest BCUT2D eigenvalue weighted by Crippen LogP contribution is -2.52. The van der Waals surface area contributed by atoms with E-state index in [0.717, 1.165) is 5.01 Å². The molecule has 0 saturated heterocycles. The zero-order chi connectivity index (χ0) is 15.2. The van der Waals surface area contributed by atoms with E-state index in [1.807, 2.05) is 0 Å². The van der Waals surface area contributed by atoms with Gasteiger partial charge < -0.3 is 0 Å². The van der Waals surface area contributed by atoms with Crippen molar-refractivity contribution in [1.82, 2.24) is 10.7 Å². The van der Waals surface area contributed by atoms with E-state index >= 15 is 0 Å². The molecule has 2 aromatic carbocycles. The number of hydrogen-bond acceptors (Lipinski definition) is 4. The lowest BCUT2D eigenvalue weighted by atomic mass is 10.2. The van der Waals surface area contributed by atoms with Gasteiger partial charge in [0, 0.05) is 5.56 Å². The first kappa shape index (κ1) is 14.6. The number of benzene rings is 2. The molecule has 0 bridgehead atoms. The smallest absolute Gasteiger partial charge is 0.266 e. The molecule has 0 radical (unpaired) electrons. The maximum Gasteiger partial charge on any atom is 0.376 e. The van der Waals surface area contributed by atoms with Gasteiger partial charge in [0.05, 0.1) is 5.69 Å². The second-order valence-corrected chi connectivity index (χ2v) is 4.03. The van der Waals surface area contributed by atoms with E-state index in [2.05, 4.69) is 5.53 Å². The van der Waals surface area contributed by atoms with Crippen LogP contribution in [0.3, 0.4) is 0 Å². The molecule has 0 unspecified atom stereocenters. The fourth-order valence-corrected chi connectivity index (χ4v) is 1.69. The Labute approximate surface area is 120 Å². The largest absolute Gasteiger partial charge is 0.376 e. The van der Waals surface area contributed by atoms with Crippen molar-refractivity contribution in [2.45, 2.75) is 0 Å². The number of carbonyl (C=O) groups is 2. The van der Waals surface area contributed by atoms with Gasteiger partial charge in [-0.1, -0.05) is 46.0 Å². The van der Waals surface area contributed by atoms with Crippen LogP contribution in [0.4, 0.5) is 15.0 Å². The Morgan fingerprint density at radius 2 is 1.48 bits per heavy atom. The van der Waals surface area contributed by atoms with Crippen molar-refractivity contribution in [3.63, 3.8) is 0 Å². The monoisotopic (exact) mass is 288 g/mol. The first-order valence-corrected chi connectivity index (χ1v) is 6.06. The number of halogens is 1. The number of hydrazine groups is 2. The van der Waals surface area contributed by atoms with Crippen LogP contribution in [-0.4, -0.2) is 17.1 Å². The fraction of sp³-hybridized carbons (Fsp3) is 0. The highest BCUT2D eigenvalue weighted by Crippen LogP contribution is 2.14. The molecule has 2 rings (SSSR count). The number of para-hydroxylation sites is 1. The summed E-state index contributed by atoms with van der Waals surface area (Å²) in [6, 6.07) is 14.5. The number of urea groups is 1. The summed E-state index contributed by atoms with van der Waals surface area (Å²) in [7, 11) is 0. The number of nitrogens with zero attached hydrogens (tertiary/aromatic N) is 2. The van der Waals surface area contributed by atoms with Crippen molar-refractivity contribution >= 4 is 17.6 Å². The minimum atomic E-state index is -1.24. The van der Waals surface area contributed by atoms with Gasteiger partial charge in [-0.2, -0.15) is 5.53 Å². The summed E-state index contributed by atoms with van der Waals surface area (Å²) in [5.41, 5.74) is 2.41. The second kappa shape index (κ2) is 6.60. The summed E-state index contributed by atoms with van der Waals surface area (Å²) in [5.74, 6) is 4.16. The highest BCUT2D eigenvalue weighted by Gasteiger charge is 2.28. The zero-order valence-corrected chi connectivity index (χ0v) is 10.9. The Morgan fingerprint density at radius 1 is 0.952 bits per heavy atom. The van der Waals surface area contributed by atoms with E-state index in [-0.39, 0.29) is 5.56 Å². The molecular weight excluding hydrogens is 275 g/mol. The first-order valence-electron chi connectivity index (χ1n) is 6.06. The molecule has 7 heteroatoms. The molecule has 0 aliphatic heterocycles. The van der Waals surface area contributed by atoms with Crippen molar-refractivity contribution < 1.29 is 14.1 Å². The molecule has 0 heterocycles. The molecule has 6 nitrogen and oxygen atoms in total. The quantitative estimate of drug-likeness (QED) is 0.514. The van der Waals surface area contributed by atoms with Crippen LogP contribution in [-0.2, 0) is 0 Å². The number of anilines is 1. The summed E-state index contributed by atoms with van der Waals surface area (Å²) in [5, 5.41) is 0.225. The third-order valence-electron chi connectivity index (χ3n) is 2.70. The Bertz CT molecular complexity index is 621. The van der Waals surface area contributed by atoms with Gasteiger partial charge in [0.25, 0.3) is 5.91 Å². The molecule has 0 aliphatic rings. The number of nitrogens with one attached hydrogen (secondary N) is 1. The van der Waals surface area contributed by atoms with E-state index in [0.29, 0.717) is 5.69 Å². The highest BCUT2D eigenvalue weighted by atomic mass is 19.2. The SMILES string of the molecule is NNN(C(=O)N(F)C(=O)c1ccccc1)c1ccccc1. The van der Waals surface area contributed by atoms with E-state index < -0.39 is 17.1 Å². The van der Waals surface area contributed by atoms with Crippen LogP contribution in [0.15, 0.2) is 60.7 Å². The number of amides is 3. The minimum Gasteiger partial charge on any atom is -0.266 e. The maximum atomic E-state index is 14.0. The van der Waals surface area contributed by atoms with Crippen LogP contribution in [0.2, 0.25) is 0 Å². The summed E-state index contributed by atoms with van der Waals surface area (Å²) in [6.07, 6.45) is 0. The predicted molar refractivity (Wildman–Crippen MR) is 75.4 cm³/mol. The lowest BCUT2D eigenvalue weighted by Gasteiger charge is -2.22. The summed E-state index contributed by atoms with van der Waals surface area (Å²) < 4.78 is 14.0. The van der Waals surface area contributed by atoms with Crippen molar-refractivity contribution in [3.05, 3.63) is 66.2 Å². The van der Waals surface area contributed by atoms with Crippen LogP contribution in [0, 0.1) is 0 Å². The van der Waals surface area contributed by atoms with Gasteiger partial charge in [0.1, 0.15) is 0 Å². The molecule has 21 heavy (non-hydrogen) atoms. The number of rotatable bonds is 3. The van der Waals surface area contributed by atoms with E-state index in [1.54, 1.807) is 48.5 Å². The molecule has 0 fully saturated rings. The molecule has 0 atom stereocenters. The molecular formula is C14H13FN4O2. The molecule has 0 aromatic heterocycles. The van der Waals surface area contributed by atoms with Crippen LogP contribution >= 0.6 is 0 Å². The Hall–Kier alpha value is -2.77. The van der Waals surface area contributed by atoms with E-state index in [4.69, 9.17) is 5.84 Å². The van der Waals surface area contributed by atoms with Crippen molar-refractivity contribution in [2.75, 3.05) is 5.01 Å². The standard InChI is InChI=1S/C14H13FN4O2/c15-18(13(20)11-7-3-1-4-8-11)14(21)19(17-16)12-9-5-2-6-10-12/h1-10,17H,16H2. The summed E-state index contributed by atoms with van der Waals surface area (Å²) >= 11 is 0. The number of nitrogens with two attached hydrogens (primary N) is 1. The molecule has 2 aromatic rings. The third-order valence-corrected chi connectivity index (χ3v) is 2.70. The minimum absolute atomic E-state index is 0.0541. The Balaban J connectivity index is 2.20. The summed E-state index contributed by atoms with van der Waals surface area (Å²) in [6.45, 7) is 0. The van der Waals surface area contributed by atoms with Gasteiger partial charge in [-0.05, 0) is 24.3 Å². The van der Waals surface area contributed by atoms with Crippen LogP contribution in [0.25, 0.3) is 0 Å². The predicted octanol–water partition coefficient (Wildman–Crippen LogP) is 2.02. The summed E-state index contributed by atoms with van der Waals surface area (Å²) in [4.78, 5) is 23.9. The number of imide groups is 1. The first-order chi connectivity index (χ1) is 10.1. The van der Waals surface area contributed by atoms with Crippen LogP contribution < -0.4 is 16.4 Å². The molecule has 0 aliphatic carbocycles. The normalized spacial score (nSPS) is 10.0. The second-order valence-electron chi connectivity index (χ2n) is 4.03. The topological polar surface area (TPSA) is 78.7 Å². The van der Waals surface area contributed by atoms with Crippen molar-refractivity contribution in [2.24, 2.45) is 5.84 Å². The Morgan fingerprint density at radius 3 is 2.00 bits per heavy atom. The van der Waals surface area contributed by atoms with Gasteiger partial charge >= 0.3 is 6.03 Å². The van der Waals surface area contributed by atoms with E-state index in [9.17, 15) is 14.1 Å². The average Bonchev–Trinajstić information content (AvgIpc) is 2.56. The van der Waals surface area contributed by atoms with Gasteiger partial charge in [0.2, 0.25) is 0 Å². The maximum absolute atomic E-state index is 14.0. The zero-order valence-electron chi connectivity index (χ0n) is 10.9. The third kappa shape index (κ3) is 3.22. The Kier molecular flexibility index (Phi) is 4.60. The van der Waals surface area contributed by atoms with Gasteiger partial charge in [-0.15, -0.1) is 0 Å². The van der Waals surface area contributed by atoms with Gasteiger partial charge in [-0.25, -0.2) is 9.80 Å². The molecule has 0 spiro atoms. The average molecular weight is 288 g/mol. The van der Waals surface area contributed by atoms with Crippen molar-refractivity contribution in [3.8, 4) is 0 Å². The fourth-order valence-electron chi connectivity index (χ4n) is 1.69. The lowest BCUT2D eigenvalue weighted by molar-refractivity contribution is 0.0405. The molecule has 108 valence electrons. The van der Waals surface area contributed by atoms with Crippen molar-refractivity contribution in [1.29, 1.82) is 0 Å². The van der Waals surface area contributed by atoms with Crippen LogP contribution in [0.5, 0.6) is 0 Å². The molecule has 0 saturated carbocycles.